The number of hydrogen-bond donors (Lipinski definition) is 1. The zero-order valence-electron chi connectivity index (χ0n) is 14.9. The van der Waals surface area contributed by atoms with Crippen molar-refractivity contribution in [2.75, 3.05) is 0 Å². The molecule has 0 spiro atoms. The molecule has 3 unspecified atom stereocenters. The predicted octanol–water partition coefficient (Wildman–Crippen LogP) is 3.77. The Kier molecular flexibility index (Phi) is 4.23. The van der Waals surface area contributed by atoms with Gasteiger partial charge in [0.25, 0.3) is 0 Å². The van der Waals surface area contributed by atoms with Crippen molar-refractivity contribution in [3.8, 4) is 0 Å². The molecule has 6 atom stereocenters. The summed E-state index contributed by atoms with van der Waals surface area (Å²) in [5, 5.41) is 10.9. The topological polar surface area (TPSA) is 54.4 Å². The van der Waals surface area contributed by atoms with E-state index in [1.165, 1.54) is 12.8 Å². The number of aldehydes is 2. The van der Waals surface area contributed by atoms with Crippen LogP contribution in [-0.4, -0.2) is 23.8 Å². The van der Waals surface area contributed by atoms with Gasteiger partial charge in [-0.1, -0.05) is 27.2 Å². The zero-order chi connectivity index (χ0) is 16.9. The minimum absolute atomic E-state index is 0.0916. The van der Waals surface area contributed by atoms with Gasteiger partial charge in [0.1, 0.15) is 12.6 Å². The van der Waals surface area contributed by atoms with Gasteiger partial charge in [-0.3, -0.25) is 0 Å². The van der Waals surface area contributed by atoms with Crippen LogP contribution < -0.4 is 0 Å². The average molecular weight is 320 g/mol. The standard InChI is InChI=1S/C20H32O3/c1-18(2)8-4-9-19(3)15(18)7-10-20(13-22)16(19)6-5-14(12-21)11-17(20)23/h12-17,23H,4-11H2,1-3H3/t14?,15?,16?,17-,19+,20+/m1/s1. The second-order valence-corrected chi connectivity index (χ2v) is 9.45. The Morgan fingerprint density at radius 1 is 0.957 bits per heavy atom. The zero-order valence-corrected chi connectivity index (χ0v) is 14.9. The van der Waals surface area contributed by atoms with Crippen LogP contribution in [0.25, 0.3) is 0 Å². The van der Waals surface area contributed by atoms with E-state index in [9.17, 15) is 14.7 Å². The molecule has 130 valence electrons. The largest absolute Gasteiger partial charge is 0.392 e. The highest BCUT2D eigenvalue weighted by molar-refractivity contribution is 5.63. The third-order valence-corrected chi connectivity index (χ3v) is 7.97. The SMILES string of the molecule is CC1(C)CCC[C@@]2(C)C1CC[C@]1(C=O)C2CCC(C=O)C[C@H]1O. The fraction of sp³-hybridized carbons (Fsp3) is 0.900. The molecule has 0 aromatic carbocycles. The third kappa shape index (κ3) is 2.42. The Hall–Kier alpha value is -0.700. The summed E-state index contributed by atoms with van der Waals surface area (Å²) in [5.41, 5.74) is -0.209. The van der Waals surface area contributed by atoms with E-state index in [0.29, 0.717) is 17.8 Å². The van der Waals surface area contributed by atoms with Gasteiger partial charge in [0, 0.05) is 5.92 Å². The summed E-state index contributed by atoms with van der Waals surface area (Å²) in [6, 6.07) is 0. The van der Waals surface area contributed by atoms with Gasteiger partial charge < -0.3 is 14.7 Å². The molecule has 0 aromatic heterocycles. The van der Waals surface area contributed by atoms with E-state index in [2.05, 4.69) is 20.8 Å². The molecule has 23 heavy (non-hydrogen) atoms. The summed E-state index contributed by atoms with van der Waals surface area (Å²) >= 11 is 0. The van der Waals surface area contributed by atoms with Gasteiger partial charge in [0.05, 0.1) is 11.5 Å². The van der Waals surface area contributed by atoms with E-state index < -0.39 is 11.5 Å². The van der Waals surface area contributed by atoms with E-state index >= 15 is 0 Å². The fourth-order valence-electron chi connectivity index (χ4n) is 6.83. The molecule has 3 aliphatic rings. The van der Waals surface area contributed by atoms with Crippen molar-refractivity contribution >= 4 is 12.6 Å². The van der Waals surface area contributed by atoms with Gasteiger partial charge in [-0.05, 0) is 67.6 Å². The van der Waals surface area contributed by atoms with Gasteiger partial charge in [0.2, 0.25) is 0 Å². The van der Waals surface area contributed by atoms with Crippen LogP contribution in [-0.2, 0) is 9.59 Å². The van der Waals surface area contributed by atoms with Crippen LogP contribution in [0.15, 0.2) is 0 Å². The maximum atomic E-state index is 12.2. The third-order valence-electron chi connectivity index (χ3n) is 7.97. The maximum Gasteiger partial charge on any atom is 0.129 e. The van der Waals surface area contributed by atoms with Gasteiger partial charge in [-0.15, -0.1) is 0 Å². The summed E-state index contributed by atoms with van der Waals surface area (Å²) in [5.74, 6) is 0.735. The minimum atomic E-state index is -0.662. The molecule has 0 aliphatic heterocycles. The highest BCUT2D eigenvalue weighted by Crippen LogP contribution is 2.66. The normalized spacial score (nSPS) is 49.4. The molecule has 3 nitrogen and oxygen atoms in total. The molecule has 3 rings (SSSR count). The Morgan fingerprint density at radius 3 is 2.35 bits per heavy atom. The van der Waals surface area contributed by atoms with E-state index in [1.54, 1.807) is 0 Å². The highest BCUT2D eigenvalue weighted by atomic mass is 16.3. The molecule has 0 heterocycles. The average Bonchev–Trinajstić information content (AvgIpc) is 2.64. The first-order valence-corrected chi connectivity index (χ1v) is 9.40. The van der Waals surface area contributed by atoms with Crippen LogP contribution in [0.4, 0.5) is 0 Å². The highest BCUT2D eigenvalue weighted by Gasteiger charge is 2.62. The lowest BCUT2D eigenvalue weighted by molar-refractivity contribution is -0.171. The van der Waals surface area contributed by atoms with Gasteiger partial charge in [0.15, 0.2) is 0 Å². The Bertz CT molecular complexity index is 485. The molecular weight excluding hydrogens is 288 g/mol. The van der Waals surface area contributed by atoms with Crippen LogP contribution in [0.2, 0.25) is 0 Å². The van der Waals surface area contributed by atoms with Crippen LogP contribution >= 0.6 is 0 Å². The molecule has 3 aliphatic carbocycles. The summed E-state index contributed by atoms with van der Waals surface area (Å²) in [4.78, 5) is 23.5. The van der Waals surface area contributed by atoms with E-state index in [0.717, 1.165) is 44.7 Å². The molecule has 0 bridgehead atoms. The smallest absolute Gasteiger partial charge is 0.129 e. The first kappa shape index (κ1) is 17.1. The van der Waals surface area contributed by atoms with Gasteiger partial charge >= 0.3 is 0 Å². The summed E-state index contributed by atoms with van der Waals surface area (Å²) in [7, 11) is 0. The van der Waals surface area contributed by atoms with Crippen molar-refractivity contribution < 1.29 is 14.7 Å². The summed E-state index contributed by atoms with van der Waals surface area (Å²) < 4.78 is 0. The first-order valence-electron chi connectivity index (χ1n) is 9.40. The molecule has 0 saturated heterocycles. The van der Waals surface area contributed by atoms with Crippen molar-refractivity contribution in [3.05, 3.63) is 0 Å². The lowest BCUT2D eigenvalue weighted by Gasteiger charge is -2.62. The van der Waals surface area contributed by atoms with Crippen LogP contribution in [0.5, 0.6) is 0 Å². The van der Waals surface area contributed by atoms with Gasteiger partial charge in [-0.2, -0.15) is 0 Å². The second-order valence-electron chi connectivity index (χ2n) is 9.45. The van der Waals surface area contributed by atoms with Crippen molar-refractivity contribution in [2.24, 2.45) is 34.0 Å². The predicted molar refractivity (Wildman–Crippen MR) is 89.9 cm³/mol. The molecule has 3 saturated carbocycles. The molecular formula is C20H32O3. The lowest BCUT2D eigenvalue weighted by Crippen LogP contribution is -2.59. The summed E-state index contributed by atoms with van der Waals surface area (Å²) in [6.45, 7) is 7.13. The molecule has 1 N–H and O–H groups in total. The number of aliphatic hydroxyl groups excluding tert-OH is 1. The Balaban J connectivity index is 2.04. The number of fused-ring (bicyclic) bond motifs is 3. The maximum absolute atomic E-state index is 12.2. The first-order chi connectivity index (χ1) is 10.8. The van der Waals surface area contributed by atoms with E-state index in [-0.39, 0.29) is 17.3 Å². The number of hydrogen-bond acceptors (Lipinski definition) is 3. The van der Waals surface area contributed by atoms with Crippen LogP contribution in [0, 0.1) is 34.0 Å². The second kappa shape index (κ2) is 5.68. The van der Waals surface area contributed by atoms with Crippen molar-refractivity contribution in [1.29, 1.82) is 0 Å². The number of carbonyl (C=O) groups excluding carboxylic acids is 2. The van der Waals surface area contributed by atoms with Crippen molar-refractivity contribution in [2.45, 2.75) is 78.2 Å². The number of carbonyl (C=O) groups is 2. The fourth-order valence-corrected chi connectivity index (χ4v) is 6.83. The Labute approximate surface area is 140 Å². The van der Waals surface area contributed by atoms with Crippen LogP contribution in [0.1, 0.15) is 72.1 Å². The summed E-state index contributed by atoms with van der Waals surface area (Å²) in [6.07, 6.45) is 9.02. The van der Waals surface area contributed by atoms with E-state index in [1.807, 2.05) is 0 Å². The minimum Gasteiger partial charge on any atom is -0.392 e. The molecule has 0 radical (unpaired) electrons. The molecule has 3 fully saturated rings. The van der Waals surface area contributed by atoms with Crippen molar-refractivity contribution in [1.82, 2.24) is 0 Å². The van der Waals surface area contributed by atoms with Gasteiger partial charge in [-0.25, -0.2) is 0 Å². The number of aliphatic hydroxyl groups is 1. The quantitative estimate of drug-likeness (QED) is 0.788. The van der Waals surface area contributed by atoms with E-state index in [4.69, 9.17) is 0 Å². The lowest BCUT2D eigenvalue weighted by atomic mass is 9.42. The molecule has 0 aromatic rings. The molecule has 0 amide bonds. The number of rotatable bonds is 2. The molecule has 3 heteroatoms. The van der Waals surface area contributed by atoms with Crippen LogP contribution in [0.3, 0.4) is 0 Å². The monoisotopic (exact) mass is 320 g/mol. The van der Waals surface area contributed by atoms with Crippen molar-refractivity contribution in [3.63, 3.8) is 0 Å². The Morgan fingerprint density at radius 2 is 1.70 bits per heavy atom.